The summed E-state index contributed by atoms with van der Waals surface area (Å²) in [5.74, 6) is 0.319. The number of benzene rings is 1. The van der Waals surface area contributed by atoms with Gasteiger partial charge in [0.25, 0.3) is 0 Å². The van der Waals surface area contributed by atoms with E-state index in [0.29, 0.717) is 18.0 Å². The smallest absolute Gasteiger partial charge is 0.428 e. The summed E-state index contributed by atoms with van der Waals surface area (Å²) >= 11 is 0. The van der Waals surface area contributed by atoms with E-state index in [-0.39, 0.29) is 19.2 Å². The molecule has 7 nitrogen and oxygen atoms in total. The predicted molar refractivity (Wildman–Crippen MR) is 86.7 cm³/mol. The summed E-state index contributed by atoms with van der Waals surface area (Å²) in [6.07, 6.45) is -0.783. The third-order valence-electron chi connectivity index (χ3n) is 2.74. The number of nitrogens with zero attached hydrogens (tertiary/aromatic N) is 1. The Kier molecular flexibility index (Phi) is 6.84. The van der Waals surface area contributed by atoms with Crippen LogP contribution in [-0.4, -0.2) is 47.5 Å². The number of ether oxygens (including phenoxy) is 2. The van der Waals surface area contributed by atoms with Crippen LogP contribution in [0.15, 0.2) is 24.3 Å². The lowest BCUT2D eigenvalue weighted by Gasteiger charge is -2.20. The summed E-state index contributed by atoms with van der Waals surface area (Å²) in [5, 5.41) is 11.6. The van der Waals surface area contributed by atoms with E-state index in [4.69, 9.17) is 14.6 Å². The van der Waals surface area contributed by atoms with Crippen molar-refractivity contribution in [3.63, 3.8) is 0 Å². The van der Waals surface area contributed by atoms with E-state index in [1.165, 1.54) is 4.90 Å². The predicted octanol–water partition coefficient (Wildman–Crippen LogP) is 2.85. The second-order valence-electron chi connectivity index (χ2n) is 5.82. The summed E-state index contributed by atoms with van der Waals surface area (Å²) in [7, 11) is 0. The maximum absolute atomic E-state index is 12.0. The zero-order chi connectivity index (χ0) is 17.5. The van der Waals surface area contributed by atoms with E-state index in [1.54, 1.807) is 45.0 Å². The van der Waals surface area contributed by atoms with Crippen molar-refractivity contribution in [3.05, 3.63) is 24.3 Å². The number of carbonyl (C=O) groups is 2. The van der Waals surface area contributed by atoms with Gasteiger partial charge in [-0.1, -0.05) is 0 Å². The van der Waals surface area contributed by atoms with E-state index >= 15 is 0 Å². The molecule has 0 heterocycles. The molecule has 1 aromatic rings. The molecule has 0 aliphatic heterocycles. The van der Waals surface area contributed by atoms with E-state index in [9.17, 15) is 9.59 Å². The van der Waals surface area contributed by atoms with Crippen LogP contribution < -0.4 is 10.1 Å². The normalized spacial score (nSPS) is 10.8. The molecular formula is C16H24N2O5. The highest BCUT2D eigenvalue weighted by Crippen LogP contribution is 2.18. The Morgan fingerprint density at radius 1 is 1.22 bits per heavy atom. The number of nitrogens with one attached hydrogen (secondary N) is 1. The summed E-state index contributed by atoms with van der Waals surface area (Å²) in [6.45, 7) is 7.74. The fourth-order valence-electron chi connectivity index (χ4n) is 1.70. The lowest BCUT2D eigenvalue weighted by molar-refractivity contribution is 0.0206. The van der Waals surface area contributed by atoms with Gasteiger partial charge in [-0.2, -0.15) is 0 Å². The molecule has 2 amide bonds. The van der Waals surface area contributed by atoms with Crippen LogP contribution in [0.3, 0.4) is 0 Å². The van der Waals surface area contributed by atoms with Crippen LogP contribution in [0.1, 0.15) is 27.7 Å². The van der Waals surface area contributed by atoms with Gasteiger partial charge in [0.05, 0.1) is 6.61 Å². The van der Waals surface area contributed by atoms with Crippen LogP contribution in [0.25, 0.3) is 0 Å². The average Bonchev–Trinajstić information content (AvgIpc) is 2.44. The Morgan fingerprint density at radius 3 is 2.30 bits per heavy atom. The number of rotatable bonds is 5. The number of carbonyl (C=O) groups excluding carboxylic acids is 2. The molecule has 0 radical (unpaired) electrons. The van der Waals surface area contributed by atoms with Gasteiger partial charge in [0.1, 0.15) is 11.4 Å². The van der Waals surface area contributed by atoms with Crippen molar-refractivity contribution in [1.82, 2.24) is 4.90 Å². The van der Waals surface area contributed by atoms with Gasteiger partial charge in [0, 0.05) is 18.8 Å². The fourth-order valence-corrected chi connectivity index (χ4v) is 1.70. The number of aliphatic hydroxyl groups excluding tert-OH is 1. The van der Waals surface area contributed by atoms with Crippen molar-refractivity contribution in [2.75, 3.05) is 25.0 Å². The quantitative estimate of drug-likeness (QED) is 0.642. The van der Waals surface area contributed by atoms with Crippen molar-refractivity contribution >= 4 is 17.9 Å². The third kappa shape index (κ3) is 7.01. The van der Waals surface area contributed by atoms with Crippen LogP contribution >= 0.6 is 0 Å². The summed E-state index contributed by atoms with van der Waals surface area (Å²) < 4.78 is 10.1. The van der Waals surface area contributed by atoms with E-state index in [0.717, 1.165) is 0 Å². The number of hydrogen-bond donors (Lipinski definition) is 2. The molecule has 7 heteroatoms. The van der Waals surface area contributed by atoms with E-state index < -0.39 is 11.8 Å². The number of aliphatic hydroxyl groups is 1. The molecule has 0 bridgehead atoms. The molecule has 2 N–H and O–H groups in total. The Hall–Kier alpha value is -2.28. The van der Waals surface area contributed by atoms with Gasteiger partial charge in [-0.3, -0.25) is 0 Å². The van der Waals surface area contributed by atoms with Crippen LogP contribution in [0.4, 0.5) is 15.3 Å². The van der Waals surface area contributed by atoms with Gasteiger partial charge in [-0.05, 0) is 52.0 Å². The Morgan fingerprint density at radius 2 is 1.83 bits per heavy atom. The van der Waals surface area contributed by atoms with Crippen molar-refractivity contribution in [1.29, 1.82) is 0 Å². The molecule has 0 aliphatic rings. The lowest BCUT2D eigenvalue weighted by Crippen LogP contribution is -2.36. The average molecular weight is 324 g/mol. The molecule has 0 atom stereocenters. The monoisotopic (exact) mass is 324 g/mol. The molecule has 0 unspecified atom stereocenters. The highest BCUT2D eigenvalue weighted by atomic mass is 16.7. The second kappa shape index (κ2) is 8.38. The number of urea groups is 1. The van der Waals surface area contributed by atoms with Gasteiger partial charge >= 0.3 is 12.2 Å². The fraction of sp³-hybridized carbons (Fsp3) is 0.500. The summed E-state index contributed by atoms with van der Waals surface area (Å²) in [6, 6.07) is 6.04. The lowest BCUT2D eigenvalue weighted by atomic mass is 10.2. The number of amides is 2. The molecule has 1 rings (SSSR count). The zero-order valence-corrected chi connectivity index (χ0v) is 14.0. The molecule has 23 heavy (non-hydrogen) atoms. The van der Waals surface area contributed by atoms with E-state index in [1.807, 2.05) is 6.92 Å². The number of likely N-dealkylation sites (N-methyl/N-ethyl adjacent to an activating group) is 1. The van der Waals surface area contributed by atoms with Crippen LogP contribution in [0, 0.1) is 0 Å². The number of hydrogen-bond acceptors (Lipinski definition) is 5. The Balaban J connectivity index is 2.59. The minimum absolute atomic E-state index is 0.0933. The van der Waals surface area contributed by atoms with Crippen LogP contribution in [0.5, 0.6) is 5.75 Å². The molecule has 1 aromatic carbocycles. The van der Waals surface area contributed by atoms with Gasteiger partial charge in [0.2, 0.25) is 0 Å². The maximum atomic E-state index is 12.0. The molecule has 0 aromatic heterocycles. The molecule has 128 valence electrons. The van der Waals surface area contributed by atoms with Crippen molar-refractivity contribution in [2.45, 2.75) is 33.3 Å². The highest BCUT2D eigenvalue weighted by molar-refractivity contribution is 5.89. The van der Waals surface area contributed by atoms with Gasteiger partial charge < -0.3 is 24.8 Å². The Bertz CT molecular complexity index is 522. The summed E-state index contributed by atoms with van der Waals surface area (Å²) in [4.78, 5) is 25.0. The van der Waals surface area contributed by atoms with Crippen molar-refractivity contribution in [2.24, 2.45) is 0 Å². The van der Waals surface area contributed by atoms with Gasteiger partial charge in [-0.25, -0.2) is 9.59 Å². The van der Waals surface area contributed by atoms with Gasteiger partial charge in [0.15, 0.2) is 0 Å². The maximum Gasteiger partial charge on any atom is 0.514 e. The first-order valence-electron chi connectivity index (χ1n) is 7.43. The largest absolute Gasteiger partial charge is 0.514 e. The van der Waals surface area contributed by atoms with Crippen molar-refractivity contribution in [3.8, 4) is 5.75 Å². The number of anilines is 1. The first-order valence-corrected chi connectivity index (χ1v) is 7.43. The van der Waals surface area contributed by atoms with Gasteiger partial charge in [-0.15, -0.1) is 0 Å². The van der Waals surface area contributed by atoms with Crippen LogP contribution in [-0.2, 0) is 4.74 Å². The molecule has 0 saturated carbocycles. The second-order valence-corrected chi connectivity index (χ2v) is 5.82. The first kappa shape index (κ1) is 18.8. The molecule has 0 spiro atoms. The minimum atomic E-state index is -0.783. The van der Waals surface area contributed by atoms with Crippen LogP contribution in [0.2, 0.25) is 0 Å². The molecule has 0 saturated heterocycles. The third-order valence-corrected chi connectivity index (χ3v) is 2.74. The standard InChI is InChI=1S/C16H24N2O5/c1-5-18(10-11-19)14(20)17-12-6-8-13(9-7-12)22-15(21)23-16(2,3)4/h6-9,19H,5,10-11H2,1-4H3,(H,17,20). The van der Waals surface area contributed by atoms with E-state index in [2.05, 4.69) is 5.32 Å². The molecular weight excluding hydrogens is 300 g/mol. The topological polar surface area (TPSA) is 88.1 Å². The molecule has 0 fully saturated rings. The zero-order valence-electron chi connectivity index (χ0n) is 14.0. The minimum Gasteiger partial charge on any atom is -0.428 e. The first-order chi connectivity index (χ1) is 10.7. The SMILES string of the molecule is CCN(CCO)C(=O)Nc1ccc(OC(=O)OC(C)(C)C)cc1. The summed E-state index contributed by atoms with van der Waals surface area (Å²) in [5.41, 5.74) is -0.0654. The van der Waals surface area contributed by atoms with Crippen molar-refractivity contribution < 1.29 is 24.2 Å². The Labute approximate surface area is 136 Å². The molecule has 0 aliphatic carbocycles. The highest BCUT2D eigenvalue weighted by Gasteiger charge is 2.18.